The van der Waals surface area contributed by atoms with Gasteiger partial charge in [-0.15, -0.1) is 0 Å². The molecule has 2 fully saturated rings. The molecule has 1 atom stereocenters. The summed E-state index contributed by atoms with van der Waals surface area (Å²) in [6.07, 6.45) is 2.15. The molecule has 0 radical (unpaired) electrons. The number of rotatable bonds is 4. The molecule has 19 heavy (non-hydrogen) atoms. The smallest absolute Gasteiger partial charge is 0.306 e. The molecule has 0 aromatic rings. The van der Waals surface area contributed by atoms with Gasteiger partial charge in [0.25, 0.3) is 10.2 Å². The molecule has 0 saturated carbocycles. The van der Waals surface area contributed by atoms with Crippen molar-refractivity contribution in [2.75, 3.05) is 26.2 Å². The molecule has 110 valence electrons. The summed E-state index contributed by atoms with van der Waals surface area (Å²) in [6, 6.07) is -0.331. The van der Waals surface area contributed by atoms with Gasteiger partial charge in [-0.1, -0.05) is 0 Å². The zero-order valence-electron chi connectivity index (χ0n) is 10.7. The van der Waals surface area contributed by atoms with Gasteiger partial charge in [0.2, 0.25) is 0 Å². The van der Waals surface area contributed by atoms with Crippen molar-refractivity contribution < 1.29 is 23.4 Å². The van der Waals surface area contributed by atoms with Crippen molar-refractivity contribution in [2.45, 2.75) is 31.7 Å². The number of carbonyl (C=O) groups is 1. The molecule has 2 N–H and O–H groups in total. The summed E-state index contributed by atoms with van der Waals surface area (Å²) in [6.45, 7) is 0.763. The average Bonchev–Trinajstić information content (AvgIpc) is 2.87. The van der Waals surface area contributed by atoms with E-state index >= 15 is 0 Å². The van der Waals surface area contributed by atoms with E-state index in [1.165, 1.54) is 8.61 Å². The van der Waals surface area contributed by atoms with Crippen LogP contribution in [0.5, 0.6) is 0 Å². The molecule has 2 aliphatic rings. The SMILES string of the molecule is O=C(O)C1CCN(S(=O)(=O)N2CCC[C@@H]2CO)CC1. The summed E-state index contributed by atoms with van der Waals surface area (Å²) < 4.78 is 27.6. The molecule has 7 nitrogen and oxygen atoms in total. The highest BCUT2D eigenvalue weighted by atomic mass is 32.2. The zero-order valence-corrected chi connectivity index (χ0v) is 11.5. The lowest BCUT2D eigenvalue weighted by atomic mass is 9.99. The number of hydrogen-bond donors (Lipinski definition) is 2. The van der Waals surface area contributed by atoms with Crippen LogP contribution < -0.4 is 0 Å². The van der Waals surface area contributed by atoms with Crippen molar-refractivity contribution in [3.63, 3.8) is 0 Å². The summed E-state index contributed by atoms with van der Waals surface area (Å²) in [5.41, 5.74) is 0. The molecular formula is C11H20N2O5S. The lowest BCUT2D eigenvalue weighted by Crippen LogP contribution is -2.50. The molecule has 0 aromatic heterocycles. The maximum Gasteiger partial charge on any atom is 0.306 e. The third-order valence-corrected chi connectivity index (χ3v) is 6.05. The second kappa shape index (κ2) is 5.74. The zero-order chi connectivity index (χ0) is 14.0. The number of carboxylic acid groups (broad SMARTS) is 1. The van der Waals surface area contributed by atoms with Crippen LogP contribution in [0.4, 0.5) is 0 Å². The Morgan fingerprint density at radius 3 is 2.32 bits per heavy atom. The molecule has 2 aliphatic heterocycles. The van der Waals surface area contributed by atoms with E-state index in [1.807, 2.05) is 0 Å². The number of aliphatic carboxylic acids is 1. The second-order valence-electron chi connectivity index (χ2n) is 5.11. The Balaban J connectivity index is 2.03. The van der Waals surface area contributed by atoms with Gasteiger partial charge in [0, 0.05) is 25.7 Å². The van der Waals surface area contributed by atoms with Crippen LogP contribution in [0.1, 0.15) is 25.7 Å². The first kappa shape index (κ1) is 14.7. The fraction of sp³-hybridized carbons (Fsp3) is 0.909. The van der Waals surface area contributed by atoms with Gasteiger partial charge in [-0.2, -0.15) is 17.0 Å². The first-order chi connectivity index (χ1) is 8.96. The van der Waals surface area contributed by atoms with Crippen LogP contribution in [-0.2, 0) is 15.0 Å². The Bertz CT molecular complexity index is 430. The number of carboxylic acids is 1. The van der Waals surface area contributed by atoms with E-state index in [4.69, 9.17) is 5.11 Å². The Morgan fingerprint density at radius 1 is 1.16 bits per heavy atom. The Kier molecular flexibility index (Phi) is 4.44. The van der Waals surface area contributed by atoms with E-state index in [1.54, 1.807) is 0 Å². The van der Waals surface area contributed by atoms with E-state index in [2.05, 4.69) is 0 Å². The number of hydrogen-bond acceptors (Lipinski definition) is 4. The van der Waals surface area contributed by atoms with E-state index in [9.17, 15) is 18.3 Å². The predicted octanol–water partition coefficient (Wildman–Crippen LogP) is -0.515. The van der Waals surface area contributed by atoms with E-state index in [0.717, 1.165) is 6.42 Å². The van der Waals surface area contributed by atoms with Crippen LogP contribution in [0.25, 0.3) is 0 Å². The number of piperidine rings is 1. The van der Waals surface area contributed by atoms with Crippen LogP contribution in [0.15, 0.2) is 0 Å². The summed E-state index contributed by atoms with van der Waals surface area (Å²) in [7, 11) is -3.56. The van der Waals surface area contributed by atoms with Gasteiger partial charge in [0.1, 0.15) is 0 Å². The highest BCUT2D eigenvalue weighted by Gasteiger charge is 2.39. The van der Waals surface area contributed by atoms with Gasteiger partial charge in [-0.25, -0.2) is 0 Å². The van der Waals surface area contributed by atoms with Gasteiger partial charge in [-0.3, -0.25) is 4.79 Å². The number of aliphatic hydroxyl groups excluding tert-OH is 1. The largest absolute Gasteiger partial charge is 0.481 e. The third kappa shape index (κ3) is 2.91. The first-order valence-corrected chi connectivity index (χ1v) is 7.97. The van der Waals surface area contributed by atoms with E-state index < -0.39 is 22.1 Å². The number of aliphatic hydroxyl groups is 1. The minimum Gasteiger partial charge on any atom is -0.481 e. The molecule has 0 aromatic carbocycles. The van der Waals surface area contributed by atoms with Crippen LogP contribution >= 0.6 is 0 Å². The Labute approximate surface area is 113 Å². The highest BCUT2D eigenvalue weighted by molar-refractivity contribution is 7.86. The molecule has 2 heterocycles. The topological polar surface area (TPSA) is 98.2 Å². The molecule has 2 saturated heterocycles. The molecule has 2 rings (SSSR count). The fourth-order valence-electron chi connectivity index (χ4n) is 2.78. The van der Waals surface area contributed by atoms with Gasteiger partial charge in [-0.05, 0) is 25.7 Å². The number of nitrogens with zero attached hydrogens (tertiary/aromatic N) is 2. The van der Waals surface area contributed by atoms with Crippen LogP contribution in [0.3, 0.4) is 0 Å². The molecule has 0 amide bonds. The van der Waals surface area contributed by atoms with Gasteiger partial charge in [0.15, 0.2) is 0 Å². The molecular weight excluding hydrogens is 272 g/mol. The predicted molar refractivity (Wildman–Crippen MR) is 67.7 cm³/mol. The minimum absolute atomic E-state index is 0.162. The third-order valence-electron chi connectivity index (χ3n) is 3.96. The monoisotopic (exact) mass is 292 g/mol. The van der Waals surface area contributed by atoms with Crippen LogP contribution in [0.2, 0.25) is 0 Å². The van der Waals surface area contributed by atoms with E-state index in [-0.39, 0.29) is 25.7 Å². The quantitative estimate of drug-likeness (QED) is 0.727. The molecule has 8 heteroatoms. The maximum atomic E-state index is 12.4. The van der Waals surface area contributed by atoms with Crippen molar-refractivity contribution in [1.29, 1.82) is 0 Å². The van der Waals surface area contributed by atoms with Crippen molar-refractivity contribution >= 4 is 16.2 Å². The molecule has 0 aliphatic carbocycles. The Hall–Kier alpha value is -0.700. The fourth-order valence-corrected chi connectivity index (χ4v) is 4.65. The Morgan fingerprint density at radius 2 is 1.79 bits per heavy atom. The first-order valence-electron chi connectivity index (χ1n) is 6.57. The normalized spacial score (nSPS) is 27.7. The summed E-state index contributed by atoms with van der Waals surface area (Å²) >= 11 is 0. The molecule has 0 unspecified atom stereocenters. The maximum absolute atomic E-state index is 12.4. The van der Waals surface area contributed by atoms with Crippen molar-refractivity contribution in [1.82, 2.24) is 8.61 Å². The minimum atomic E-state index is -3.56. The molecule has 0 spiro atoms. The summed E-state index contributed by atoms with van der Waals surface area (Å²) in [5.74, 6) is -1.30. The van der Waals surface area contributed by atoms with Gasteiger partial charge in [0.05, 0.1) is 12.5 Å². The highest BCUT2D eigenvalue weighted by Crippen LogP contribution is 2.26. The average molecular weight is 292 g/mol. The van der Waals surface area contributed by atoms with Gasteiger partial charge < -0.3 is 10.2 Å². The summed E-state index contributed by atoms with van der Waals surface area (Å²) in [4.78, 5) is 10.9. The lowest BCUT2D eigenvalue weighted by Gasteiger charge is -2.34. The second-order valence-corrected chi connectivity index (χ2v) is 6.99. The van der Waals surface area contributed by atoms with Gasteiger partial charge >= 0.3 is 5.97 Å². The van der Waals surface area contributed by atoms with Crippen molar-refractivity contribution in [2.24, 2.45) is 5.92 Å². The van der Waals surface area contributed by atoms with Crippen molar-refractivity contribution in [3.8, 4) is 0 Å². The van der Waals surface area contributed by atoms with E-state index in [0.29, 0.717) is 25.8 Å². The van der Waals surface area contributed by atoms with Crippen LogP contribution in [0, 0.1) is 5.92 Å². The standard InChI is InChI=1S/C11H20N2O5S/c14-8-10-2-1-5-13(10)19(17,18)12-6-3-9(4-7-12)11(15)16/h9-10,14H,1-8H2,(H,15,16)/t10-/m1/s1. The lowest BCUT2D eigenvalue weighted by molar-refractivity contribution is -0.142. The summed E-state index contributed by atoms with van der Waals surface area (Å²) in [5, 5.41) is 18.1. The van der Waals surface area contributed by atoms with Crippen LogP contribution in [-0.4, -0.2) is 65.5 Å². The van der Waals surface area contributed by atoms with Crippen molar-refractivity contribution in [3.05, 3.63) is 0 Å². The molecule has 0 bridgehead atoms.